The van der Waals surface area contributed by atoms with Crippen LogP contribution in [0.2, 0.25) is 0 Å². The number of benzene rings is 1. The zero-order valence-corrected chi connectivity index (χ0v) is 26.5. The van der Waals surface area contributed by atoms with Gasteiger partial charge in [-0.1, -0.05) is 0 Å². The van der Waals surface area contributed by atoms with E-state index in [4.69, 9.17) is 15.2 Å². The van der Waals surface area contributed by atoms with Gasteiger partial charge in [-0.2, -0.15) is 13.2 Å². The van der Waals surface area contributed by atoms with Gasteiger partial charge in [0.05, 0.1) is 29.4 Å². The molecule has 11 nitrogen and oxygen atoms in total. The Kier molecular flexibility index (Phi) is 7.11. The first-order chi connectivity index (χ1) is 21.2. The number of rotatable bonds is 2. The number of hydrogen-bond donors (Lipinski definition) is 1. The number of hydrogen-bond acceptors (Lipinski definition) is 10. The summed E-state index contributed by atoms with van der Waals surface area (Å²) in [5.74, 6) is -3.16. The highest BCUT2D eigenvalue weighted by molar-refractivity contribution is 7.90. The van der Waals surface area contributed by atoms with E-state index in [0.717, 1.165) is 13.2 Å². The Bertz CT molecular complexity index is 1920. The van der Waals surface area contributed by atoms with Crippen LogP contribution in [-0.4, -0.2) is 77.0 Å². The molecule has 3 aliphatic heterocycles. The van der Waals surface area contributed by atoms with Crippen LogP contribution < -0.4 is 15.4 Å². The van der Waals surface area contributed by atoms with Crippen LogP contribution in [-0.2, 0) is 20.8 Å². The molecule has 0 saturated carbocycles. The Balaban J connectivity index is 1.61. The third kappa shape index (κ3) is 5.02. The maximum Gasteiger partial charge on any atom is 0.417 e. The van der Waals surface area contributed by atoms with Gasteiger partial charge in [-0.05, 0) is 59.1 Å². The Morgan fingerprint density at radius 2 is 1.78 bits per heavy atom. The molecule has 0 spiro atoms. The standard InChI is InChI=1S/C29H31F5N6O5S/c1-11-18(29(32,33)34)14(9-15(35)19(11)30)21-20(31)22-17-24(38-26(37-22)46(6,42)43)39-10-13-7-8-16(23(39)12(2)44-25(17)36-21)40(13)27(41)45-28(3,4)5/h9,12-13,16,23H,7-8,10,35H2,1-6H3/t12-,13+,16-,23+/m0/s1. The predicted octanol–water partition coefficient (Wildman–Crippen LogP) is 5.02. The van der Waals surface area contributed by atoms with Gasteiger partial charge in [0.25, 0.3) is 0 Å². The van der Waals surface area contributed by atoms with Crippen molar-refractivity contribution in [2.45, 2.75) is 88.6 Å². The summed E-state index contributed by atoms with van der Waals surface area (Å²) in [6, 6.07) is -0.944. The first-order valence-electron chi connectivity index (χ1n) is 14.4. The molecule has 1 aromatic carbocycles. The van der Waals surface area contributed by atoms with Gasteiger partial charge in [-0.15, -0.1) is 0 Å². The van der Waals surface area contributed by atoms with E-state index >= 15 is 4.39 Å². The van der Waals surface area contributed by atoms with E-state index in [1.807, 2.05) is 0 Å². The lowest BCUT2D eigenvalue weighted by atomic mass is 9.96. The first-order valence-corrected chi connectivity index (χ1v) is 16.3. The minimum Gasteiger partial charge on any atom is -0.472 e. The molecule has 2 aromatic heterocycles. The number of halogens is 5. The fourth-order valence-corrected chi connectivity index (χ4v) is 7.24. The minimum absolute atomic E-state index is 0.0562. The Morgan fingerprint density at radius 3 is 2.39 bits per heavy atom. The summed E-state index contributed by atoms with van der Waals surface area (Å²) in [6.45, 7) is 7.85. The zero-order valence-electron chi connectivity index (χ0n) is 25.7. The van der Waals surface area contributed by atoms with Gasteiger partial charge < -0.3 is 20.1 Å². The molecule has 1 amide bonds. The second-order valence-electron chi connectivity index (χ2n) is 12.9. The molecule has 2 N–H and O–H groups in total. The molecule has 0 unspecified atom stereocenters. The van der Waals surface area contributed by atoms with Crippen LogP contribution >= 0.6 is 0 Å². The van der Waals surface area contributed by atoms with Crippen molar-refractivity contribution in [3.8, 4) is 17.1 Å². The maximum absolute atomic E-state index is 16.5. The number of carbonyl (C=O) groups is 1. The number of sulfone groups is 1. The number of fused-ring (bicyclic) bond motifs is 5. The van der Waals surface area contributed by atoms with Crippen LogP contribution in [0.4, 0.5) is 38.3 Å². The summed E-state index contributed by atoms with van der Waals surface area (Å²) in [5.41, 5.74) is -0.635. The molecule has 2 saturated heterocycles. The molecule has 17 heteroatoms. The molecular weight excluding hydrogens is 639 g/mol. The molecule has 46 heavy (non-hydrogen) atoms. The van der Waals surface area contributed by atoms with Gasteiger partial charge >= 0.3 is 12.3 Å². The largest absolute Gasteiger partial charge is 0.472 e. The molecular formula is C29H31F5N6O5S. The molecule has 0 aliphatic carbocycles. The number of nitrogens with zero attached hydrogens (tertiary/aromatic N) is 5. The van der Waals surface area contributed by atoms with Gasteiger partial charge in [0.2, 0.25) is 20.9 Å². The Morgan fingerprint density at radius 1 is 1.11 bits per heavy atom. The molecule has 0 radical (unpaired) electrons. The topological polar surface area (TPSA) is 141 Å². The molecule has 5 heterocycles. The minimum atomic E-state index is -5.15. The van der Waals surface area contributed by atoms with Crippen molar-refractivity contribution in [2.75, 3.05) is 23.4 Å². The predicted molar refractivity (Wildman–Crippen MR) is 156 cm³/mol. The molecule has 6 rings (SSSR count). The summed E-state index contributed by atoms with van der Waals surface area (Å²) in [4.78, 5) is 29.1. The van der Waals surface area contributed by atoms with Crippen molar-refractivity contribution in [1.82, 2.24) is 19.9 Å². The number of nitrogens with two attached hydrogens (primary N) is 1. The maximum atomic E-state index is 16.5. The molecule has 2 fully saturated rings. The number of aromatic nitrogens is 3. The second-order valence-corrected chi connectivity index (χ2v) is 14.8. The smallest absolute Gasteiger partial charge is 0.417 e. The number of pyridine rings is 1. The summed E-state index contributed by atoms with van der Waals surface area (Å²) in [5, 5.41) is -0.938. The van der Waals surface area contributed by atoms with E-state index in [2.05, 4.69) is 15.0 Å². The normalized spacial score (nSPS) is 22.8. The Labute approximate surface area is 260 Å². The van der Waals surface area contributed by atoms with Crippen LogP contribution in [0.25, 0.3) is 22.2 Å². The highest BCUT2D eigenvalue weighted by Gasteiger charge is 2.54. The quantitative estimate of drug-likeness (QED) is 0.225. The van der Waals surface area contributed by atoms with E-state index in [9.17, 15) is 30.8 Å². The van der Waals surface area contributed by atoms with E-state index in [1.165, 1.54) is 0 Å². The summed E-state index contributed by atoms with van der Waals surface area (Å²) >= 11 is 0. The van der Waals surface area contributed by atoms with E-state index in [1.54, 1.807) is 37.5 Å². The molecule has 4 atom stereocenters. The van der Waals surface area contributed by atoms with Crippen LogP contribution in [0.5, 0.6) is 5.88 Å². The second kappa shape index (κ2) is 10.2. The van der Waals surface area contributed by atoms with Crippen molar-refractivity contribution >= 4 is 38.3 Å². The fraction of sp³-hybridized carbons (Fsp3) is 0.517. The fourth-order valence-electron chi connectivity index (χ4n) is 6.73. The van der Waals surface area contributed by atoms with Crippen molar-refractivity contribution in [3.63, 3.8) is 0 Å². The van der Waals surface area contributed by atoms with Gasteiger partial charge in [-0.25, -0.2) is 36.9 Å². The zero-order chi connectivity index (χ0) is 33.8. The number of ether oxygens (including phenoxy) is 2. The van der Waals surface area contributed by atoms with Crippen LogP contribution in [0.3, 0.4) is 0 Å². The average molecular weight is 671 g/mol. The third-order valence-electron chi connectivity index (χ3n) is 8.47. The summed E-state index contributed by atoms with van der Waals surface area (Å²) < 4.78 is 111. The Hall–Kier alpha value is -4.02. The lowest BCUT2D eigenvalue weighted by Gasteiger charge is -2.48. The molecule has 2 bridgehead atoms. The third-order valence-corrected chi connectivity index (χ3v) is 9.32. The highest BCUT2D eigenvalue weighted by atomic mass is 32.2. The van der Waals surface area contributed by atoms with E-state index in [-0.39, 0.29) is 29.7 Å². The lowest BCUT2D eigenvalue weighted by molar-refractivity contribution is -0.137. The number of anilines is 2. The number of piperazine rings is 1. The van der Waals surface area contributed by atoms with E-state index < -0.39 is 96.3 Å². The lowest BCUT2D eigenvalue weighted by Crippen LogP contribution is -2.65. The van der Waals surface area contributed by atoms with Crippen LogP contribution in [0, 0.1) is 18.6 Å². The summed E-state index contributed by atoms with van der Waals surface area (Å²) in [6.07, 6.45) is -4.61. The highest BCUT2D eigenvalue weighted by Crippen LogP contribution is 2.48. The average Bonchev–Trinajstić information content (AvgIpc) is 3.16. The molecule has 3 aromatic rings. The SMILES string of the molecule is Cc1c(F)c(N)cc(-c2nc3c4c(nc(S(C)(=O)=O)nc4c2F)N2C[C@H]4CC[C@@H]([C@H]2[C@H](C)O3)N4C(=O)OC(C)(C)C)c1C(F)(F)F. The monoisotopic (exact) mass is 670 g/mol. The van der Waals surface area contributed by atoms with Gasteiger partial charge in [0.15, 0.2) is 5.82 Å². The van der Waals surface area contributed by atoms with Crippen molar-refractivity contribution < 1.29 is 44.6 Å². The van der Waals surface area contributed by atoms with Gasteiger partial charge in [-0.3, -0.25) is 4.90 Å². The van der Waals surface area contributed by atoms with Gasteiger partial charge in [0.1, 0.15) is 39.9 Å². The van der Waals surface area contributed by atoms with Crippen LogP contribution in [0.15, 0.2) is 11.2 Å². The molecule has 3 aliphatic rings. The number of alkyl halides is 3. The van der Waals surface area contributed by atoms with Crippen molar-refractivity contribution in [2.24, 2.45) is 0 Å². The van der Waals surface area contributed by atoms with Crippen LogP contribution in [0.1, 0.15) is 51.7 Å². The number of carbonyl (C=O) groups excluding carboxylic acids is 1. The van der Waals surface area contributed by atoms with E-state index in [0.29, 0.717) is 18.9 Å². The number of amides is 1. The summed E-state index contributed by atoms with van der Waals surface area (Å²) in [7, 11) is -4.19. The van der Waals surface area contributed by atoms with Crippen molar-refractivity contribution in [1.29, 1.82) is 0 Å². The van der Waals surface area contributed by atoms with Gasteiger partial charge in [0, 0.05) is 18.4 Å². The number of nitrogen functional groups attached to an aromatic ring is 1. The van der Waals surface area contributed by atoms with Crippen molar-refractivity contribution in [3.05, 3.63) is 28.8 Å². The molecule has 248 valence electrons. The first kappa shape index (κ1) is 31.9.